The van der Waals surface area contributed by atoms with Crippen LogP contribution in [-0.4, -0.2) is 50.5 Å². The molecule has 3 aliphatic rings. The number of phenolic OH excluding ortho intramolecular Hbond substituents is 1. The van der Waals surface area contributed by atoms with E-state index in [9.17, 15) is 39.0 Å². The predicted molar refractivity (Wildman–Crippen MR) is 156 cm³/mol. The van der Waals surface area contributed by atoms with Gasteiger partial charge in [0, 0.05) is 24.2 Å². The third-order valence-electron chi connectivity index (χ3n) is 11.1. The number of fused-ring (bicyclic) bond motifs is 3. The molecule has 2 aromatic rings. The Bertz CT molecular complexity index is 1570. The largest absolute Gasteiger partial charge is 0.507 e. The van der Waals surface area contributed by atoms with Crippen LogP contribution in [-0.2, 0) is 30.4 Å². The highest BCUT2D eigenvalue weighted by molar-refractivity contribution is 6.32. The van der Waals surface area contributed by atoms with Gasteiger partial charge in [0.25, 0.3) is 0 Å². The summed E-state index contributed by atoms with van der Waals surface area (Å²) in [5.74, 6) is -11.8. The molecule has 43 heavy (non-hydrogen) atoms. The van der Waals surface area contributed by atoms with Gasteiger partial charge in [0.05, 0.1) is 11.5 Å². The summed E-state index contributed by atoms with van der Waals surface area (Å²) in [5.41, 5.74) is -4.88. The molecule has 0 saturated heterocycles. The van der Waals surface area contributed by atoms with Gasteiger partial charge in [-0.15, -0.1) is 0 Å². The SMILES string of the molecule is CC(=O)C1C(=O)C(C(C)C)[C@@]2(C)[C@H](CC(=O)Cc3ccccc3)[C@]3(C)C(C(=O)c4c(O)cccc4[C@H]3C)C(=O)[C@@]2(O)C1=O. The molecule has 0 spiro atoms. The van der Waals surface area contributed by atoms with E-state index < -0.39 is 80.9 Å². The van der Waals surface area contributed by atoms with Gasteiger partial charge < -0.3 is 10.2 Å². The maximum Gasteiger partial charge on any atom is 0.190 e. The number of carbonyl (C=O) groups is 6. The molecular weight excluding hydrogens is 548 g/mol. The number of rotatable bonds is 6. The molecule has 8 atom stereocenters. The summed E-state index contributed by atoms with van der Waals surface area (Å²) in [6.07, 6.45) is -0.196. The van der Waals surface area contributed by atoms with Crippen molar-refractivity contribution in [1.82, 2.24) is 0 Å². The molecule has 226 valence electrons. The summed E-state index contributed by atoms with van der Waals surface area (Å²) in [6.45, 7) is 9.57. The van der Waals surface area contributed by atoms with Crippen LogP contribution in [0.2, 0.25) is 0 Å². The van der Waals surface area contributed by atoms with Crippen molar-refractivity contribution >= 4 is 34.7 Å². The van der Waals surface area contributed by atoms with E-state index in [1.165, 1.54) is 13.0 Å². The first-order valence-corrected chi connectivity index (χ1v) is 14.8. The molecule has 0 amide bonds. The minimum absolute atomic E-state index is 0.0323. The second-order valence-electron chi connectivity index (χ2n) is 13.5. The number of aromatic hydroxyl groups is 1. The van der Waals surface area contributed by atoms with E-state index in [1.54, 1.807) is 57.2 Å². The monoisotopic (exact) mass is 586 g/mol. The fourth-order valence-corrected chi connectivity index (χ4v) is 9.08. The van der Waals surface area contributed by atoms with Gasteiger partial charge >= 0.3 is 0 Å². The minimum atomic E-state index is -2.90. The van der Waals surface area contributed by atoms with Crippen molar-refractivity contribution in [2.45, 2.75) is 65.9 Å². The Kier molecular flexibility index (Phi) is 7.24. The number of benzene rings is 2. The van der Waals surface area contributed by atoms with Crippen molar-refractivity contribution in [2.24, 2.45) is 40.4 Å². The van der Waals surface area contributed by atoms with Crippen molar-refractivity contribution in [2.75, 3.05) is 0 Å². The molecule has 2 saturated carbocycles. The topological polar surface area (TPSA) is 143 Å². The molecule has 8 nitrogen and oxygen atoms in total. The van der Waals surface area contributed by atoms with E-state index in [-0.39, 0.29) is 29.9 Å². The van der Waals surface area contributed by atoms with E-state index in [1.807, 2.05) is 13.0 Å². The van der Waals surface area contributed by atoms with Crippen LogP contribution in [0.3, 0.4) is 0 Å². The van der Waals surface area contributed by atoms with Gasteiger partial charge in [0.1, 0.15) is 23.2 Å². The van der Waals surface area contributed by atoms with Crippen molar-refractivity contribution in [3.05, 3.63) is 65.2 Å². The molecule has 2 fully saturated rings. The van der Waals surface area contributed by atoms with Crippen molar-refractivity contribution in [3.63, 3.8) is 0 Å². The van der Waals surface area contributed by atoms with Gasteiger partial charge in [-0.05, 0) is 47.3 Å². The lowest BCUT2D eigenvalue weighted by Gasteiger charge is -2.67. The summed E-state index contributed by atoms with van der Waals surface area (Å²) in [5, 5.41) is 23.3. The highest BCUT2D eigenvalue weighted by Crippen LogP contribution is 2.70. The van der Waals surface area contributed by atoms with Gasteiger partial charge in [0.15, 0.2) is 28.7 Å². The smallest absolute Gasteiger partial charge is 0.190 e. The van der Waals surface area contributed by atoms with Gasteiger partial charge in [-0.25, -0.2) is 0 Å². The normalized spacial score (nSPS) is 35.3. The summed E-state index contributed by atoms with van der Waals surface area (Å²) in [7, 11) is 0. The first kappa shape index (κ1) is 30.7. The fourth-order valence-electron chi connectivity index (χ4n) is 9.08. The number of hydrogen-bond acceptors (Lipinski definition) is 8. The van der Waals surface area contributed by atoms with Crippen molar-refractivity contribution < 1.29 is 39.0 Å². The van der Waals surface area contributed by atoms with Gasteiger partial charge in [0.2, 0.25) is 0 Å². The zero-order valence-corrected chi connectivity index (χ0v) is 25.3. The Hall–Kier alpha value is -3.78. The Balaban J connectivity index is 1.82. The molecule has 0 aromatic heterocycles. The zero-order valence-electron chi connectivity index (χ0n) is 25.3. The van der Waals surface area contributed by atoms with Crippen LogP contribution in [0.1, 0.15) is 75.4 Å². The van der Waals surface area contributed by atoms with Crippen LogP contribution >= 0.6 is 0 Å². The lowest BCUT2D eigenvalue weighted by molar-refractivity contribution is -0.225. The molecule has 0 radical (unpaired) electrons. The lowest BCUT2D eigenvalue weighted by atomic mass is 9.34. The maximum atomic E-state index is 14.7. The fraction of sp³-hybridized carbons (Fsp3) is 0.486. The molecular formula is C35H38O8. The highest BCUT2D eigenvalue weighted by atomic mass is 16.3. The van der Waals surface area contributed by atoms with Crippen LogP contribution in [0.4, 0.5) is 0 Å². The molecule has 3 unspecified atom stereocenters. The van der Waals surface area contributed by atoms with Crippen LogP contribution < -0.4 is 0 Å². The van der Waals surface area contributed by atoms with Crippen molar-refractivity contribution in [1.29, 1.82) is 0 Å². The van der Waals surface area contributed by atoms with Gasteiger partial charge in [-0.1, -0.05) is 77.1 Å². The highest BCUT2D eigenvalue weighted by Gasteiger charge is 2.80. The average molecular weight is 587 g/mol. The van der Waals surface area contributed by atoms with E-state index in [2.05, 4.69) is 0 Å². The molecule has 5 rings (SSSR count). The minimum Gasteiger partial charge on any atom is -0.507 e. The van der Waals surface area contributed by atoms with E-state index in [4.69, 9.17) is 0 Å². The van der Waals surface area contributed by atoms with Gasteiger partial charge in [-0.2, -0.15) is 0 Å². The summed E-state index contributed by atoms with van der Waals surface area (Å²) >= 11 is 0. The standard InChI is InChI=1S/C35H38O8/c1-17(2)27-29(39)25(19(4)36)31(41)35(43)32(42)28-30(40)26-22(13-10-14-23(26)38)18(3)33(28,5)24(34(27,35)6)16-21(37)15-20-11-8-7-9-12-20/h7-14,17-18,24-25,27-28,38,43H,15-16H2,1-6H3/t18-,24-,25?,27?,28?,33-,34-,35+/m1/s1. The van der Waals surface area contributed by atoms with Crippen LogP contribution in [0.5, 0.6) is 5.75 Å². The van der Waals surface area contributed by atoms with Crippen LogP contribution in [0, 0.1) is 40.4 Å². The van der Waals surface area contributed by atoms with E-state index in [0.717, 1.165) is 12.5 Å². The van der Waals surface area contributed by atoms with Crippen LogP contribution in [0.25, 0.3) is 0 Å². The predicted octanol–water partition coefficient (Wildman–Crippen LogP) is 4.08. The lowest BCUT2D eigenvalue weighted by Crippen LogP contribution is -2.80. The third-order valence-corrected chi connectivity index (χ3v) is 11.1. The first-order valence-electron chi connectivity index (χ1n) is 14.8. The van der Waals surface area contributed by atoms with Crippen molar-refractivity contribution in [3.8, 4) is 5.75 Å². The second-order valence-corrected chi connectivity index (χ2v) is 13.5. The Morgan fingerprint density at radius 1 is 0.930 bits per heavy atom. The summed E-state index contributed by atoms with van der Waals surface area (Å²) < 4.78 is 0. The zero-order chi connectivity index (χ0) is 31.8. The molecule has 2 N–H and O–H groups in total. The van der Waals surface area contributed by atoms with E-state index in [0.29, 0.717) is 5.56 Å². The van der Waals surface area contributed by atoms with Gasteiger partial charge in [-0.3, -0.25) is 28.8 Å². The maximum absolute atomic E-state index is 14.7. The second kappa shape index (κ2) is 10.2. The summed E-state index contributed by atoms with van der Waals surface area (Å²) in [6, 6.07) is 13.7. The molecule has 3 aliphatic carbocycles. The average Bonchev–Trinajstić information content (AvgIpc) is 2.92. The Morgan fingerprint density at radius 3 is 2.14 bits per heavy atom. The number of aliphatic hydroxyl groups is 1. The van der Waals surface area contributed by atoms with Crippen LogP contribution in [0.15, 0.2) is 48.5 Å². The third kappa shape index (κ3) is 3.91. The van der Waals surface area contributed by atoms with E-state index >= 15 is 0 Å². The molecule has 8 heteroatoms. The Morgan fingerprint density at radius 2 is 1.56 bits per heavy atom. The number of ketones is 6. The number of phenols is 1. The molecule has 2 aromatic carbocycles. The number of hydrogen-bond donors (Lipinski definition) is 2. The first-order chi connectivity index (χ1) is 20.1. The Labute approximate surface area is 250 Å². The molecule has 0 heterocycles. The number of carbonyl (C=O) groups excluding carboxylic acids is 6. The quantitative estimate of drug-likeness (QED) is 0.482. The number of Topliss-reactive ketones (excluding diaryl/α,β-unsaturated/α-hetero) is 6. The molecule has 0 bridgehead atoms. The molecule has 0 aliphatic heterocycles. The summed E-state index contributed by atoms with van der Waals surface area (Å²) in [4.78, 5) is 83.8.